The van der Waals surface area contributed by atoms with Crippen molar-refractivity contribution in [2.24, 2.45) is 0 Å². The molecule has 0 heterocycles. The van der Waals surface area contributed by atoms with Gasteiger partial charge in [-0.15, -0.1) is 0 Å². The second-order valence-electron chi connectivity index (χ2n) is 1.59. The smallest absolute Gasteiger partial charge is 0.395 e. The van der Waals surface area contributed by atoms with Crippen molar-refractivity contribution in [2.75, 3.05) is 20.6 Å². The van der Waals surface area contributed by atoms with Gasteiger partial charge < -0.3 is 15.4 Å². The van der Waals surface area contributed by atoms with Crippen LogP contribution in [0.4, 0.5) is 4.79 Å². The molecule has 0 aliphatic heterocycles. The number of carbonyl (C=O) groups excluding carboxylic acids is 1. The predicted octanol–water partition coefficient (Wildman–Crippen LogP) is -0.461. The lowest BCUT2D eigenvalue weighted by Crippen LogP contribution is -2.28. The van der Waals surface area contributed by atoms with E-state index in [4.69, 9.17) is 5.41 Å². The minimum Gasteiger partial charge on any atom is -0.395 e. The van der Waals surface area contributed by atoms with Gasteiger partial charge in [-0.1, -0.05) is 0 Å². The van der Waals surface area contributed by atoms with Crippen molar-refractivity contribution >= 4 is 12.0 Å². The van der Waals surface area contributed by atoms with Gasteiger partial charge in [-0.2, -0.15) is 0 Å². The fourth-order valence-electron chi connectivity index (χ4n) is 0.360. The lowest BCUT2D eigenvalue weighted by molar-refractivity contribution is 0.198. The molecule has 0 saturated carbocycles. The number of nitrogens with one attached hydrogen (secondary N) is 3. The van der Waals surface area contributed by atoms with Gasteiger partial charge in [-0.3, -0.25) is 5.41 Å². The Morgan fingerprint density at radius 2 is 2.20 bits per heavy atom. The number of alkyl carbamates (subject to hydrolysis) is 1. The normalized spacial score (nSPS) is 8.60. The van der Waals surface area contributed by atoms with Crippen molar-refractivity contribution in [3.8, 4) is 0 Å². The molecular weight excluding hydrogens is 134 g/mol. The van der Waals surface area contributed by atoms with Crippen molar-refractivity contribution in [3.63, 3.8) is 0 Å². The van der Waals surface area contributed by atoms with Gasteiger partial charge in [-0.25, -0.2) is 4.79 Å². The van der Waals surface area contributed by atoms with Gasteiger partial charge in [0.15, 0.2) is 0 Å². The summed E-state index contributed by atoms with van der Waals surface area (Å²) in [7, 11) is 3.11. The maximum atomic E-state index is 10.4. The fraction of sp³-hybridized carbons (Fsp3) is 0.600. The second-order valence-corrected chi connectivity index (χ2v) is 1.59. The standard InChI is InChI=1S/C5H11N3O2/c1-7-3-4(6)10-5(9)8-2/h6-7H,3H2,1-2H3,(H,8,9). The largest absolute Gasteiger partial charge is 0.413 e. The van der Waals surface area contributed by atoms with E-state index in [9.17, 15) is 4.79 Å². The van der Waals surface area contributed by atoms with Crippen LogP contribution in [0.3, 0.4) is 0 Å². The van der Waals surface area contributed by atoms with Gasteiger partial charge in [0.2, 0.25) is 5.90 Å². The van der Waals surface area contributed by atoms with E-state index in [1.807, 2.05) is 0 Å². The van der Waals surface area contributed by atoms with Gasteiger partial charge >= 0.3 is 6.09 Å². The van der Waals surface area contributed by atoms with Crippen molar-refractivity contribution < 1.29 is 9.53 Å². The Bertz CT molecular complexity index is 135. The molecule has 58 valence electrons. The molecule has 0 bridgehead atoms. The molecule has 5 heteroatoms. The molecule has 0 spiro atoms. The van der Waals surface area contributed by atoms with E-state index in [1.54, 1.807) is 7.05 Å². The summed E-state index contributed by atoms with van der Waals surface area (Å²) >= 11 is 0. The third kappa shape index (κ3) is 3.85. The van der Waals surface area contributed by atoms with E-state index in [0.29, 0.717) is 0 Å². The van der Waals surface area contributed by atoms with Crippen LogP contribution in [0.2, 0.25) is 0 Å². The van der Waals surface area contributed by atoms with Crippen molar-refractivity contribution in [1.29, 1.82) is 5.41 Å². The molecular formula is C5H11N3O2. The van der Waals surface area contributed by atoms with Crippen molar-refractivity contribution in [1.82, 2.24) is 10.6 Å². The Morgan fingerprint density at radius 3 is 2.60 bits per heavy atom. The quantitative estimate of drug-likeness (QED) is 0.363. The highest BCUT2D eigenvalue weighted by molar-refractivity contribution is 5.87. The maximum Gasteiger partial charge on any atom is 0.413 e. The highest BCUT2D eigenvalue weighted by Gasteiger charge is 2.01. The monoisotopic (exact) mass is 145 g/mol. The number of ether oxygens (including phenoxy) is 1. The van der Waals surface area contributed by atoms with E-state index in [2.05, 4.69) is 15.4 Å². The average molecular weight is 145 g/mol. The third-order valence-corrected chi connectivity index (χ3v) is 0.757. The molecule has 0 aromatic carbocycles. The zero-order valence-electron chi connectivity index (χ0n) is 6.02. The zero-order valence-corrected chi connectivity index (χ0v) is 6.02. The first kappa shape index (κ1) is 8.90. The molecule has 0 aromatic rings. The Balaban J connectivity index is 3.47. The number of hydrogen-bond acceptors (Lipinski definition) is 4. The lowest BCUT2D eigenvalue weighted by Gasteiger charge is -2.02. The Kier molecular flexibility index (Phi) is 4.23. The molecule has 0 aliphatic carbocycles. The van der Waals surface area contributed by atoms with Gasteiger partial charge in [0, 0.05) is 7.05 Å². The molecule has 1 amide bonds. The Labute approximate surface area is 59.3 Å². The molecule has 0 aliphatic rings. The van der Waals surface area contributed by atoms with E-state index in [-0.39, 0.29) is 12.4 Å². The maximum absolute atomic E-state index is 10.4. The number of hydrogen-bond donors (Lipinski definition) is 3. The van der Waals surface area contributed by atoms with Crippen molar-refractivity contribution in [3.05, 3.63) is 0 Å². The highest BCUT2D eigenvalue weighted by Crippen LogP contribution is 1.77. The average Bonchev–Trinajstić information content (AvgIpc) is 1.88. The molecule has 0 saturated heterocycles. The number of carbonyl (C=O) groups is 1. The van der Waals surface area contributed by atoms with Crippen LogP contribution in [0.25, 0.3) is 0 Å². The summed E-state index contributed by atoms with van der Waals surface area (Å²) in [6.07, 6.45) is -0.611. The molecule has 0 rings (SSSR count). The van der Waals surface area contributed by atoms with Gasteiger partial charge in [0.25, 0.3) is 0 Å². The first-order valence-electron chi connectivity index (χ1n) is 2.82. The SMILES string of the molecule is CNCC(=N)OC(=O)NC. The summed E-state index contributed by atoms with van der Waals surface area (Å²) in [5.74, 6) is -0.0955. The minimum absolute atomic E-state index is 0.0955. The fourth-order valence-corrected chi connectivity index (χ4v) is 0.360. The summed E-state index contributed by atoms with van der Waals surface area (Å²) in [6, 6.07) is 0. The Hall–Kier alpha value is -1.10. The van der Waals surface area contributed by atoms with Crippen LogP contribution in [0, 0.1) is 5.41 Å². The molecule has 5 nitrogen and oxygen atoms in total. The van der Waals surface area contributed by atoms with Crippen LogP contribution >= 0.6 is 0 Å². The molecule has 0 atom stereocenters. The third-order valence-electron chi connectivity index (χ3n) is 0.757. The minimum atomic E-state index is -0.611. The van der Waals surface area contributed by atoms with Gasteiger partial charge in [0.05, 0.1) is 6.54 Å². The van der Waals surface area contributed by atoms with Crippen LogP contribution in [-0.4, -0.2) is 32.6 Å². The number of likely N-dealkylation sites (N-methyl/N-ethyl adjacent to an activating group) is 1. The van der Waals surface area contributed by atoms with E-state index < -0.39 is 6.09 Å². The lowest BCUT2D eigenvalue weighted by atomic mass is 10.6. The first-order chi connectivity index (χ1) is 4.70. The number of amides is 1. The van der Waals surface area contributed by atoms with Crippen LogP contribution in [0.5, 0.6) is 0 Å². The first-order valence-corrected chi connectivity index (χ1v) is 2.82. The van der Waals surface area contributed by atoms with Crippen molar-refractivity contribution in [2.45, 2.75) is 0 Å². The second kappa shape index (κ2) is 4.75. The van der Waals surface area contributed by atoms with Crippen LogP contribution in [0.1, 0.15) is 0 Å². The highest BCUT2D eigenvalue weighted by atomic mass is 16.6. The predicted molar refractivity (Wildman–Crippen MR) is 37.2 cm³/mol. The van der Waals surface area contributed by atoms with Crippen LogP contribution < -0.4 is 10.6 Å². The van der Waals surface area contributed by atoms with E-state index in [1.165, 1.54) is 7.05 Å². The summed E-state index contributed by atoms with van der Waals surface area (Å²) in [4.78, 5) is 10.4. The molecule has 0 aromatic heterocycles. The van der Waals surface area contributed by atoms with Crippen LogP contribution in [-0.2, 0) is 4.74 Å². The molecule has 10 heavy (non-hydrogen) atoms. The summed E-state index contributed by atoms with van der Waals surface area (Å²) < 4.78 is 4.41. The zero-order chi connectivity index (χ0) is 7.98. The van der Waals surface area contributed by atoms with Gasteiger partial charge in [-0.05, 0) is 7.05 Å². The molecule has 3 N–H and O–H groups in total. The topological polar surface area (TPSA) is 74.2 Å². The molecule has 0 fully saturated rings. The summed E-state index contributed by atoms with van der Waals surface area (Å²) in [5, 5.41) is 11.9. The van der Waals surface area contributed by atoms with E-state index >= 15 is 0 Å². The van der Waals surface area contributed by atoms with Crippen LogP contribution in [0.15, 0.2) is 0 Å². The molecule has 0 unspecified atom stereocenters. The summed E-state index contributed by atoms with van der Waals surface area (Å²) in [5.41, 5.74) is 0. The van der Waals surface area contributed by atoms with E-state index in [0.717, 1.165) is 0 Å². The Morgan fingerprint density at radius 1 is 1.60 bits per heavy atom. The molecule has 0 radical (unpaired) electrons. The van der Waals surface area contributed by atoms with Gasteiger partial charge in [0.1, 0.15) is 0 Å². The number of rotatable bonds is 2. The summed E-state index contributed by atoms with van der Waals surface area (Å²) in [6.45, 7) is 0.257.